The number of nitrogens with two attached hydrogens (primary N) is 1. The van der Waals surface area contributed by atoms with Crippen molar-refractivity contribution in [3.8, 4) is 0 Å². The molecule has 0 fully saturated rings. The Morgan fingerprint density at radius 2 is 2.00 bits per heavy atom. The van der Waals surface area contributed by atoms with Crippen molar-refractivity contribution in [3.63, 3.8) is 0 Å². The average molecular weight is 277 g/mol. The molecule has 5 heteroatoms. The van der Waals surface area contributed by atoms with Crippen molar-refractivity contribution in [1.29, 1.82) is 0 Å². The molecule has 0 aromatic heterocycles. The normalized spacial score (nSPS) is 13.3. The van der Waals surface area contributed by atoms with Crippen molar-refractivity contribution < 1.29 is 9.59 Å². The molecule has 1 rings (SSSR count). The molecule has 3 amide bonds. The summed E-state index contributed by atoms with van der Waals surface area (Å²) in [5.41, 5.74) is 7.01. The van der Waals surface area contributed by atoms with Gasteiger partial charge in [0, 0.05) is 5.69 Å². The highest BCUT2D eigenvalue weighted by Gasteiger charge is 2.25. The van der Waals surface area contributed by atoms with Gasteiger partial charge in [0.05, 0.1) is 0 Å². The van der Waals surface area contributed by atoms with Crippen LogP contribution in [0, 0.1) is 5.92 Å². The standard InChI is InChI=1S/C15H23N3O2/c1-4-10(3)13(18-15(16)20)14(19)17-12-8-6-7-11(5-2)9-12/h6-10,13H,4-5H2,1-3H3,(H,17,19)(H3,16,18,20). The average Bonchev–Trinajstić information content (AvgIpc) is 2.43. The van der Waals surface area contributed by atoms with Crippen molar-refractivity contribution in [1.82, 2.24) is 5.32 Å². The van der Waals surface area contributed by atoms with E-state index in [2.05, 4.69) is 17.6 Å². The van der Waals surface area contributed by atoms with Gasteiger partial charge in [-0.25, -0.2) is 4.79 Å². The quantitative estimate of drug-likeness (QED) is 0.745. The summed E-state index contributed by atoms with van der Waals surface area (Å²) in [6.45, 7) is 5.92. The van der Waals surface area contributed by atoms with Crippen molar-refractivity contribution in [2.75, 3.05) is 5.32 Å². The Kier molecular flexibility index (Phi) is 6.03. The van der Waals surface area contributed by atoms with Gasteiger partial charge in [-0.2, -0.15) is 0 Å². The van der Waals surface area contributed by atoms with Crippen LogP contribution in [0.5, 0.6) is 0 Å². The summed E-state index contributed by atoms with van der Waals surface area (Å²) in [6, 6.07) is 6.35. The number of carbonyl (C=O) groups is 2. The van der Waals surface area contributed by atoms with E-state index >= 15 is 0 Å². The van der Waals surface area contributed by atoms with E-state index in [0.29, 0.717) is 0 Å². The van der Waals surface area contributed by atoms with Crippen LogP contribution in [0.1, 0.15) is 32.8 Å². The summed E-state index contributed by atoms with van der Waals surface area (Å²) < 4.78 is 0. The van der Waals surface area contributed by atoms with Gasteiger partial charge in [0.1, 0.15) is 6.04 Å². The third-order valence-electron chi connectivity index (χ3n) is 3.40. The Bertz CT molecular complexity index is 474. The summed E-state index contributed by atoms with van der Waals surface area (Å²) in [7, 11) is 0. The van der Waals surface area contributed by atoms with Crippen LogP contribution in [0.25, 0.3) is 0 Å². The maximum Gasteiger partial charge on any atom is 0.312 e. The fourth-order valence-electron chi connectivity index (χ4n) is 1.94. The van der Waals surface area contributed by atoms with Crippen LogP contribution < -0.4 is 16.4 Å². The highest BCUT2D eigenvalue weighted by Crippen LogP contribution is 2.14. The van der Waals surface area contributed by atoms with Crippen LogP contribution >= 0.6 is 0 Å². The molecule has 0 saturated carbocycles. The van der Waals surface area contributed by atoms with Gasteiger partial charge < -0.3 is 16.4 Å². The van der Waals surface area contributed by atoms with E-state index < -0.39 is 12.1 Å². The van der Waals surface area contributed by atoms with E-state index in [-0.39, 0.29) is 11.8 Å². The number of aryl methyl sites for hydroxylation is 1. The van der Waals surface area contributed by atoms with E-state index in [4.69, 9.17) is 5.73 Å². The molecular weight excluding hydrogens is 254 g/mol. The molecule has 1 aromatic carbocycles. The molecule has 0 aliphatic rings. The molecule has 20 heavy (non-hydrogen) atoms. The number of anilines is 1. The van der Waals surface area contributed by atoms with Crippen LogP contribution in [0.2, 0.25) is 0 Å². The summed E-state index contributed by atoms with van der Waals surface area (Å²) in [5, 5.41) is 5.33. The van der Waals surface area contributed by atoms with Crippen molar-refractivity contribution in [3.05, 3.63) is 29.8 Å². The number of nitrogens with one attached hydrogen (secondary N) is 2. The molecule has 4 N–H and O–H groups in total. The zero-order valence-electron chi connectivity index (χ0n) is 12.3. The third-order valence-corrected chi connectivity index (χ3v) is 3.40. The third kappa shape index (κ3) is 4.57. The lowest BCUT2D eigenvalue weighted by Gasteiger charge is -2.22. The molecule has 0 aliphatic heterocycles. The lowest BCUT2D eigenvalue weighted by Crippen LogP contribution is -2.49. The Morgan fingerprint density at radius 1 is 1.30 bits per heavy atom. The fourth-order valence-corrected chi connectivity index (χ4v) is 1.94. The van der Waals surface area contributed by atoms with E-state index in [9.17, 15) is 9.59 Å². The second-order valence-corrected chi connectivity index (χ2v) is 4.91. The molecule has 1 aromatic rings. The van der Waals surface area contributed by atoms with Crippen LogP contribution in [0.4, 0.5) is 10.5 Å². The minimum Gasteiger partial charge on any atom is -0.352 e. The SMILES string of the molecule is CCc1cccc(NC(=O)C(NC(N)=O)C(C)CC)c1. The molecule has 0 radical (unpaired) electrons. The predicted molar refractivity (Wildman–Crippen MR) is 80.4 cm³/mol. The molecule has 0 aliphatic carbocycles. The molecule has 0 spiro atoms. The molecule has 0 bridgehead atoms. The predicted octanol–water partition coefficient (Wildman–Crippen LogP) is 2.27. The maximum atomic E-state index is 12.3. The van der Waals surface area contributed by atoms with Gasteiger partial charge in [-0.15, -0.1) is 0 Å². The Labute approximate surface area is 119 Å². The Morgan fingerprint density at radius 3 is 2.55 bits per heavy atom. The molecule has 2 atom stereocenters. The number of hydrogen-bond acceptors (Lipinski definition) is 2. The zero-order chi connectivity index (χ0) is 15.1. The van der Waals surface area contributed by atoms with Gasteiger partial charge in [-0.3, -0.25) is 4.79 Å². The molecule has 0 heterocycles. The lowest BCUT2D eigenvalue weighted by atomic mass is 9.98. The smallest absolute Gasteiger partial charge is 0.312 e. The molecule has 0 saturated heterocycles. The highest BCUT2D eigenvalue weighted by atomic mass is 16.2. The molecule has 5 nitrogen and oxygen atoms in total. The number of amides is 3. The van der Waals surface area contributed by atoms with Crippen molar-refractivity contribution in [2.45, 2.75) is 39.7 Å². The van der Waals surface area contributed by atoms with Crippen LogP contribution in [-0.4, -0.2) is 18.0 Å². The largest absolute Gasteiger partial charge is 0.352 e. The van der Waals surface area contributed by atoms with Gasteiger partial charge in [-0.05, 0) is 30.0 Å². The number of carbonyl (C=O) groups excluding carboxylic acids is 2. The number of urea groups is 1. The summed E-state index contributed by atoms with van der Waals surface area (Å²) in [6.07, 6.45) is 1.67. The molecule has 110 valence electrons. The van der Waals surface area contributed by atoms with Crippen LogP contribution in [0.3, 0.4) is 0 Å². The first-order chi connectivity index (χ1) is 9.47. The number of primary amides is 1. The Balaban J connectivity index is 2.81. The topological polar surface area (TPSA) is 84.2 Å². The molecular formula is C15H23N3O2. The first-order valence-electron chi connectivity index (χ1n) is 6.93. The molecule has 2 unspecified atom stereocenters. The number of benzene rings is 1. The van der Waals surface area contributed by atoms with Gasteiger partial charge >= 0.3 is 6.03 Å². The number of rotatable bonds is 6. The van der Waals surface area contributed by atoms with Crippen LogP contribution in [-0.2, 0) is 11.2 Å². The zero-order valence-corrected chi connectivity index (χ0v) is 12.3. The van der Waals surface area contributed by atoms with E-state index in [1.54, 1.807) is 0 Å². The second-order valence-electron chi connectivity index (χ2n) is 4.91. The van der Waals surface area contributed by atoms with E-state index in [0.717, 1.165) is 24.1 Å². The van der Waals surface area contributed by atoms with Crippen LogP contribution in [0.15, 0.2) is 24.3 Å². The van der Waals surface area contributed by atoms with Crippen molar-refractivity contribution >= 4 is 17.6 Å². The maximum absolute atomic E-state index is 12.3. The first kappa shape index (κ1) is 16.0. The van der Waals surface area contributed by atoms with Gasteiger partial charge in [-0.1, -0.05) is 39.3 Å². The first-order valence-corrected chi connectivity index (χ1v) is 6.93. The van der Waals surface area contributed by atoms with Gasteiger partial charge in [0.2, 0.25) is 5.91 Å². The monoisotopic (exact) mass is 277 g/mol. The lowest BCUT2D eigenvalue weighted by molar-refractivity contribution is -0.119. The summed E-state index contributed by atoms with van der Waals surface area (Å²) in [4.78, 5) is 23.3. The van der Waals surface area contributed by atoms with E-state index in [1.807, 2.05) is 38.1 Å². The highest BCUT2D eigenvalue weighted by molar-refractivity contribution is 5.97. The minimum absolute atomic E-state index is 0.0110. The van der Waals surface area contributed by atoms with Crippen molar-refractivity contribution in [2.24, 2.45) is 11.7 Å². The number of hydrogen-bond donors (Lipinski definition) is 3. The minimum atomic E-state index is -0.687. The fraction of sp³-hybridized carbons (Fsp3) is 0.467. The Hall–Kier alpha value is -2.04. The summed E-state index contributed by atoms with van der Waals surface area (Å²) >= 11 is 0. The van der Waals surface area contributed by atoms with Gasteiger partial charge in [0.15, 0.2) is 0 Å². The summed E-state index contributed by atoms with van der Waals surface area (Å²) in [5.74, 6) is -0.233. The van der Waals surface area contributed by atoms with E-state index in [1.165, 1.54) is 0 Å². The second kappa shape index (κ2) is 7.53. The van der Waals surface area contributed by atoms with Gasteiger partial charge in [0.25, 0.3) is 0 Å².